The summed E-state index contributed by atoms with van der Waals surface area (Å²) >= 11 is 0. The van der Waals surface area contributed by atoms with Crippen molar-refractivity contribution in [3.05, 3.63) is 42.2 Å². The zero-order valence-electron chi connectivity index (χ0n) is 7.45. The van der Waals surface area contributed by atoms with Gasteiger partial charge in [-0.15, -0.1) is 0 Å². The number of carbonyl (C=O) groups is 1. The molecule has 0 aliphatic carbocycles. The van der Waals surface area contributed by atoms with Crippen molar-refractivity contribution < 1.29 is 4.79 Å². The fourth-order valence-electron chi connectivity index (χ4n) is 1.13. The quantitative estimate of drug-likeness (QED) is 0.665. The van der Waals surface area contributed by atoms with Crippen LogP contribution in [-0.2, 0) is 6.54 Å². The summed E-state index contributed by atoms with van der Waals surface area (Å²) in [7, 11) is 0. The lowest BCUT2D eigenvalue weighted by atomic mass is 10.4. The fourth-order valence-corrected chi connectivity index (χ4v) is 1.13. The number of nitrogens with one attached hydrogen (secondary N) is 3. The second-order valence-corrected chi connectivity index (χ2v) is 2.82. The van der Waals surface area contributed by atoms with Gasteiger partial charge in [0.15, 0.2) is 5.82 Å². The maximum Gasteiger partial charge on any atom is 0.287 e. The molecule has 0 radical (unpaired) electrons. The molecule has 0 aliphatic rings. The Hall–Kier alpha value is -2.04. The van der Waals surface area contributed by atoms with Crippen LogP contribution in [0.5, 0.6) is 0 Å². The first kappa shape index (κ1) is 8.55. The normalized spacial score (nSPS) is 10.0. The van der Waals surface area contributed by atoms with Crippen LogP contribution in [0, 0.1) is 0 Å². The predicted molar refractivity (Wildman–Crippen MR) is 50.6 cm³/mol. The summed E-state index contributed by atoms with van der Waals surface area (Å²) in [5, 5.41) is 2.72. The largest absolute Gasteiger partial charge is 0.364 e. The van der Waals surface area contributed by atoms with E-state index in [-0.39, 0.29) is 5.91 Å². The van der Waals surface area contributed by atoms with Crippen molar-refractivity contribution in [2.75, 3.05) is 0 Å². The van der Waals surface area contributed by atoms with Gasteiger partial charge in [-0.3, -0.25) is 4.79 Å². The molecule has 2 aromatic rings. The number of aromatic nitrogens is 3. The summed E-state index contributed by atoms with van der Waals surface area (Å²) in [6, 6.07) is 3.79. The Labute approximate surface area is 80.6 Å². The van der Waals surface area contributed by atoms with Crippen molar-refractivity contribution in [1.82, 2.24) is 20.3 Å². The van der Waals surface area contributed by atoms with E-state index in [1.54, 1.807) is 12.4 Å². The molecule has 2 aromatic heterocycles. The molecule has 0 saturated heterocycles. The monoisotopic (exact) mass is 190 g/mol. The van der Waals surface area contributed by atoms with Crippen LogP contribution in [0.3, 0.4) is 0 Å². The van der Waals surface area contributed by atoms with Crippen LogP contribution in [0.15, 0.2) is 30.7 Å². The summed E-state index contributed by atoms with van der Waals surface area (Å²) in [4.78, 5) is 20.9. The molecular formula is C9H10N4O. The summed E-state index contributed by atoms with van der Waals surface area (Å²) in [5.41, 5.74) is 0.963. The third-order valence-electron chi connectivity index (χ3n) is 1.82. The van der Waals surface area contributed by atoms with Crippen molar-refractivity contribution in [2.45, 2.75) is 6.54 Å². The standard InChI is InChI=1S/C9H10N4O/c14-9(8-11-4-5-12-8)13-6-7-2-1-3-10-7/h1-5,10H,6H2,(H,11,12)(H,13,14). The van der Waals surface area contributed by atoms with Gasteiger partial charge in [0.2, 0.25) is 0 Å². The smallest absolute Gasteiger partial charge is 0.287 e. The van der Waals surface area contributed by atoms with Crippen LogP contribution in [0.1, 0.15) is 16.3 Å². The topological polar surface area (TPSA) is 73.6 Å². The number of hydrogen-bond acceptors (Lipinski definition) is 2. The van der Waals surface area contributed by atoms with Crippen molar-refractivity contribution in [1.29, 1.82) is 0 Å². The van der Waals surface area contributed by atoms with Crippen molar-refractivity contribution in [3.63, 3.8) is 0 Å². The molecule has 3 N–H and O–H groups in total. The Morgan fingerprint density at radius 2 is 2.36 bits per heavy atom. The molecule has 5 nitrogen and oxygen atoms in total. The second kappa shape index (κ2) is 3.78. The summed E-state index contributed by atoms with van der Waals surface area (Å²) < 4.78 is 0. The highest BCUT2D eigenvalue weighted by atomic mass is 16.2. The fraction of sp³-hybridized carbons (Fsp3) is 0.111. The van der Waals surface area contributed by atoms with Gasteiger partial charge in [0.25, 0.3) is 5.91 Å². The predicted octanol–water partition coefficient (Wildman–Crippen LogP) is 0.668. The van der Waals surface area contributed by atoms with Gasteiger partial charge in [0.1, 0.15) is 0 Å². The summed E-state index contributed by atoms with van der Waals surface area (Å²) in [5.74, 6) is 0.126. The number of hydrogen-bond donors (Lipinski definition) is 3. The molecule has 2 heterocycles. The lowest BCUT2D eigenvalue weighted by Crippen LogP contribution is -2.23. The molecule has 72 valence electrons. The molecule has 0 aromatic carbocycles. The Bertz CT molecular complexity index is 390. The van der Waals surface area contributed by atoms with Gasteiger partial charge in [0, 0.05) is 24.3 Å². The second-order valence-electron chi connectivity index (χ2n) is 2.82. The van der Waals surface area contributed by atoms with Gasteiger partial charge in [-0.05, 0) is 12.1 Å². The van der Waals surface area contributed by atoms with Gasteiger partial charge in [-0.1, -0.05) is 0 Å². The first-order valence-electron chi connectivity index (χ1n) is 4.26. The number of H-pyrrole nitrogens is 2. The highest BCUT2D eigenvalue weighted by molar-refractivity contribution is 5.90. The molecular weight excluding hydrogens is 180 g/mol. The highest BCUT2D eigenvalue weighted by Crippen LogP contribution is 1.94. The van der Waals surface area contributed by atoms with E-state index in [1.165, 1.54) is 0 Å². The first-order valence-corrected chi connectivity index (χ1v) is 4.26. The Morgan fingerprint density at radius 1 is 1.43 bits per heavy atom. The minimum atomic E-state index is -0.204. The molecule has 0 aliphatic heterocycles. The van der Waals surface area contributed by atoms with Crippen LogP contribution < -0.4 is 5.32 Å². The van der Waals surface area contributed by atoms with E-state index >= 15 is 0 Å². The van der Waals surface area contributed by atoms with Crippen molar-refractivity contribution in [2.24, 2.45) is 0 Å². The van der Waals surface area contributed by atoms with Crippen LogP contribution in [0.25, 0.3) is 0 Å². The van der Waals surface area contributed by atoms with E-state index in [0.717, 1.165) is 5.69 Å². The number of aromatic amines is 2. The van der Waals surface area contributed by atoms with Crippen LogP contribution >= 0.6 is 0 Å². The van der Waals surface area contributed by atoms with E-state index in [2.05, 4.69) is 20.3 Å². The number of rotatable bonds is 3. The molecule has 0 spiro atoms. The number of nitrogens with zero attached hydrogens (tertiary/aromatic N) is 1. The van der Waals surface area contributed by atoms with Gasteiger partial charge in [-0.2, -0.15) is 0 Å². The first-order chi connectivity index (χ1) is 6.86. The summed E-state index contributed by atoms with van der Waals surface area (Å²) in [6.07, 6.45) is 4.97. The average molecular weight is 190 g/mol. The van der Waals surface area contributed by atoms with E-state index in [9.17, 15) is 4.79 Å². The Kier molecular flexibility index (Phi) is 2.31. The van der Waals surface area contributed by atoms with Gasteiger partial charge < -0.3 is 15.3 Å². The molecule has 0 saturated carbocycles. The lowest BCUT2D eigenvalue weighted by Gasteiger charge is -2.00. The Balaban J connectivity index is 1.90. The van der Waals surface area contributed by atoms with Crippen LogP contribution in [0.4, 0.5) is 0 Å². The van der Waals surface area contributed by atoms with Crippen LogP contribution in [-0.4, -0.2) is 20.9 Å². The molecule has 14 heavy (non-hydrogen) atoms. The van der Waals surface area contributed by atoms with E-state index in [1.807, 2.05) is 18.3 Å². The Morgan fingerprint density at radius 3 is 3.00 bits per heavy atom. The van der Waals surface area contributed by atoms with E-state index < -0.39 is 0 Å². The summed E-state index contributed by atoms with van der Waals surface area (Å²) in [6.45, 7) is 0.479. The van der Waals surface area contributed by atoms with Crippen molar-refractivity contribution in [3.8, 4) is 0 Å². The minimum absolute atomic E-state index is 0.204. The maximum absolute atomic E-state index is 11.4. The van der Waals surface area contributed by atoms with Gasteiger partial charge in [0.05, 0.1) is 6.54 Å². The zero-order chi connectivity index (χ0) is 9.80. The number of carbonyl (C=O) groups excluding carboxylic acids is 1. The third kappa shape index (κ3) is 1.82. The molecule has 1 amide bonds. The minimum Gasteiger partial charge on any atom is -0.364 e. The van der Waals surface area contributed by atoms with Gasteiger partial charge in [-0.25, -0.2) is 4.98 Å². The average Bonchev–Trinajstić information content (AvgIpc) is 2.87. The lowest BCUT2D eigenvalue weighted by molar-refractivity contribution is 0.0941. The van der Waals surface area contributed by atoms with Gasteiger partial charge >= 0.3 is 0 Å². The van der Waals surface area contributed by atoms with Crippen molar-refractivity contribution >= 4 is 5.91 Å². The molecule has 0 atom stereocenters. The maximum atomic E-state index is 11.4. The molecule has 0 bridgehead atoms. The molecule has 5 heteroatoms. The number of imidazole rings is 1. The molecule has 0 fully saturated rings. The molecule has 2 rings (SSSR count). The van der Waals surface area contributed by atoms with E-state index in [0.29, 0.717) is 12.4 Å². The zero-order valence-corrected chi connectivity index (χ0v) is 7.45. The van der Waals surface area contributed by atoms with Crippen LogP contribution in [0.2, 0.25) is 0 Å². The van der Waals surface area contributed by atoms with E-state index in [4.69, 9.17) is 0 Å². The highest BCUT2D eigenvalue weighted by Gasteiger charge is 2.06. The number of amides is 1. The SMILES string of the molecule is O=C(NCc1ccc[nH]1)c1ncc[nH]1. The third-order valence-corrected chi connectivity index (χ3v) is 1.82. The molecule has 0 unspecified atom stereocenters.